The molecule has 0 spiro atoms. The molecule has 0 unspecified atom stereocenters. The highest BCUT2D eigenvalue weighted by atomic mass is 35.5. The van der Waals surface area contributed by atoms with E-state index in [1.807, 2.05) is 0 Å². The summed E-state index contributed by atoms with van der Waals surface area (Å²) >= 11 is 5.69. The van der Waals surface area contributed by atoms with E-state index in [-0.39, 0.29) is 10.6 Å². The van der Waals surface area contributed by atoms with E-state index < -0.39 is 23.1 Å². The molecule has 0 amide bonds. The number of halogens is 2. The van der Waals surface area contributed by atoms with E-state index in [0.717, 1.165) is 0 Å². The Morgan fingerprint density at radius 2 is 1.90 bits per heavy atom. The molecule has 102 valence electrons. The van der Waals surface area contributed by atoms with Crippen LogP contribution in [0.2, 0.25) is 5.02 Å². The zero-order chi connectivity index (χ0) is 14.7. The number of benzene rings is 2. The first kappa shape index (κ1) is 14.1. The van der Waals surface area contributed by atoms with Crippen molar-refractivity contribution in [3.63, 3.8) is 0 Å². The van der Waals surface area contributed by atoms with Crippen molar-refractivity contribution in [2.45, 2.75) is 0 Å². The van der Waals surface area contributed by atoms with Gasteiger partial charge in [-0.25, -0.2) is 4.39 Å². The SMILES string of the molecule is O=C(/C=C/c1cc(O)c(O)c(Cl)c1)c1ccccc1F. The zero-order valence-corrected chi connectivity index (χ0v) is 10.9. The fourth-order valence-corrected chi connectivity index (χ4v) is 1.85. The van der Waals surface area contributed by atoms with Crippen molar-refractivity contribution < 1.29 is 19.4 Å². The summed E-state index contributed by atoms with van der Waals surface area (Å²) in [5.41, 5.74) is 0.368. The Labute approximate surface area is 119 Å². The first-order valence-electron chi connectivity index (χ1n) is 5.67. The third-order valence-corrected chi connectivity index (χ3v) is 2.92. The summed E-state index contributed by atoms with van der Waals surface area (Å²) in [6.07, 6.45) is 2.54. The Hall–Kier alpha value is -2.33. The number of carbonyl (C=O) groups is 1. The van der Waals surface area contributed by atoms with Gasteiger partial charge in [0.05, 0.1) is 10.6 Å². The van der Waals surface area contributed by atoms with Gasteiger partial charge >= 0.3 is 0 Å². The number of phenols is 2. The van der Waals surface area contributed by atoms with E-state index in [1.165, 1.54) is 42.5 Å². The predicted octanol–water partition coefficient (Wildman–Crippen LogP) is 3.79. The summed E-state index contributed by atoms with van der Waals surface area (Å²) in [4.78, 5) is 11.8. The Morgan fingerprint density at radius 3 is 2.55 bits per heavy atom. The van der Waals surface area contributed by atoms with Crippen LogP contribution in [0.15, 0.2) is 42.5 Å². The van der Waals surface area contributed by atoms with Crippen molar-refractivity contribution in [3.05, 3.63) is 64.4 Å². The van der Waals surface area contributed by atoms with E-state index in [2.05, 4.69) is 0 Å². The third kappa shape index (κ3) is 2.97. The van der Waals surface area contributed by atoms with Crippen LogP contribution in [-0.4, -0.2) is 16.0 Å². The molecule has 0 aliphatic heterocycles. The molecule has 2 N–H and O–H groups in total. The molecule has 0 aliphatic rings. The molecule has 2 aromatic carbocycles. The molecule has 3 nitrogen and oxygen atoms in total. The smallest absolute Gasteiger partial charge is 0.188 e. The van der Waals surface area contributed by atoms with Crippen molar-refractivity contribution in [2.75, 3.05) is 0 Å². The highest BCUT2D eigenvalue weighted by molar-refractivity contribution is 6.32. The van der Waals surface area contributed by atoms with Gasteiger partial charge in [-0.1, -0.05) is 29.8 Å². The van der Waals surface area contributed by atoms with Gasteiger partial charge in [0.2, 0.25) is 0 Å². The summed E-state index contributed by atoms with van der Waals surface area (Å²) in [5.74, 6) is -1.93. The monoisotopic (exact) mass is 292 g/mol. The minimum absolute atomic E-state index is 0.0389. The molecule has 0 radical (unpaired) electrons. The molecule has 20 heavy (non-hydrogen) atoms. The molecular weight excluding hydrogens is 283 g/mol. The summed E-state index contributed by atoms with van der Waals surface area (Å²) in [7, 11) is 0. The Balaban J connectivity index is 2.26. The lowest BCUT2D eigenvalue weighted by molar-refractivity contribution is 0.104. The van der Waals surface area contributed by atoms with Crippen LogP contribution in [0, 0.1) is 5.82 Å². The summed E-state index contributed by atoms with van der Waals surface area (Å²) in [5, 5.41) is 18.7. The first-order valence-corrected chi connectivity index (χ1v) is 6.05. The van der Waals surface area contributed by atoms with Crippen LogP contribution in [-0.2, 0) is 0 Å². The minimum atomic E-state index is -0.603. The predicted molar refractivity (Wildman–Crippen MR) is 74.5 cm³/mol. The third-order valence-electron chi connectivity index (χ3n) is 2.63. The van der Waals surface area contributed by atoms with Gasteiger partial charge in [0.1, 0.15) is 5.82 Å². The fourth-order valence-electron chi connectivity index (χ4n) is 1.62. The van der Waals surface area contributed by atoms with Crippen molar-refractivity contribution in [2.24, 2.45) is 0 Å². The van der Waals surface area contributed by atoms with Gasteiger partial charge in [0, 0.05) is 0 Å². The second kappa shape index (κ2) is 5.75. The standard InChI is InChI=1S/C15H10ClFO3/c16-11-7-9(8-14(19)15(11)20)5-6-13(18)10-3-1-2-4-12(10)17/h1-8,19-20H/b6-5+. The van der Waals surface area contributed by atoms with Crippen LogP contribution in [0.4, 0.5) is 4.39 Å². The minimum Gasteiger partial charge on any atom is -0.504 e. The average molecular weight is 293 g/mol. The van der Waals surface area contributed by atoms with Crippen LogP contribution in [0.1, 0.15) is 15.9 Å². The van der Waals surface area contributed by atoms with Gasteiger partial charge in [-0.3, -0.25) is 4.79 Å². The second-order valence-electron chi connectivity index (χ2n) is 4.05. The number of ketones is 1. The lowest BCUT2D eigenvalue weighted by Crippen LogP contribution is -1.97. The molecule has 0 aliphatic carbocycles. The Morgan fingerprint density at radius 1 is 1.20 bits per heavy atom. The van der Waals surface area contributed by atoms with Crippen molar-refractivity contribution in [1.29, 1.82) is 0 Å². The van der Waals surface area contributed by atoms with Crippen LogP contribution in [0.5, 0.6) is 11.5 Å². The van der Waals surface area contributed by atoms with Crippen molar-refractivity contribution in [1.82, 2.24) is 0 Å². The van der Waals surface area contributed by atoms with Crippen LogP contribution in [0.3, 0.4) is 0 Å². The fraction of sp³-hybridized carbons (Fsp3) is 0. The van der Waals surface area contributed by atoms with Crippen LogP contribution >= 0.6 is 11.6 Å². The number of rotatable bonds is 3. The van der Waals surface area contributed by atoms with Crippen LogP contribution in [0.25, 0.3) is 6.08 Å². The molecule has 0 heterocycles. The molecular formula is C15H10ClFO3. The largest absolute Gasteiger partial charge is 0.504 e. The van der Waals surface area contributed by atoms with Gasteiger partial charge in [-0.15, -0.1) is 0 Å². The van der Waals surface area contributed by atoms with Gasteiger partial charge in [-0.05, 0) is 35.9 Å². The number of allylic oxidation sites excluding steroid dienone is 1. The maximum absolute atomic E-state index is 13.4. The lowest BCUT2D eigenvalue weighted by atomic mass is 10.1. The topological polar surface area (TPSA) is 57.5 Å². The maximum atomic E-state index is 13.4. The molecule has 0 saturated carbocycles. The highest BCUT2D eigenvalue weighted by Crippen LogP contribution is 2.34. The average Bonchev–Trinajstić information content (AvgIpc) is 2.42. The van der Waals surface area contributed by atoms with Gasteiger partial charge in [0.15, 0.2) is 17.3 Å². The van der Waals surface area contributed by atoms with E-state index in [4.69, 9.17) is 11.6 Å². The van der Waals surface area contributed by atoms with Crippen molar-refractivity contribution in [3.8, 4) is 11.5 Å². The summed E-state index contributed by atoms with van der Waals surface area (Å²) in [6, 6.07) is 8.25. The van der Waals surface area contributed by atoms with Crippen LogP contribution < -0.4 is 0 Å². The molecule has 0 saturated heterocycles. The number of hydrogen-bond donors (Lipinski definition) is 2. The maximum Gasteiger partial charge on any atom is 0.188 e. The first-order chi connectivity index (χ1) is 9.49. The molecule has 0 bridgehead atoms. The normalized spacial score (nSPS) is 10.9. The van der Waals surface area contributed by atoms with Crippen molar-refractivity contribution >= 4 is 23.5 Å². The number of hydrogen-bond acceptors (Lipinski definition) is 3. The summed E-state index contributed by atoms with van der Waals surface area (Å²) in [6.45, 7) is 0. The Kier molecular flexibility index (Phi) is 4.05. The van der Waals surface area contributed by atoms with E-state index in [0.29, 0.717) is 5.56 Å². The van der Waals surface area contributed by atoms with Gasteiger partial charge in [0.25, 0.3) is 0 Å². The molecule has 0 atom stereocenters. The molecule has 0 fully saturated rings. The molecule has 2 aromatic rings. The van der Waals surface area contributed by atoms with E-state index in [1.54, 1.807) is 6.07 Å². The Bertz CT molecular complexity index is 672. The quantitative estimate of drug-likeness (QED) is 0.514. The molecule has 5 heteroatoms. The highest BCUT2D eigenvalue weighted by Gasteiger charge is 2.08. The lowest BCUT2D eigenvalue weighted by Gasteiger charge is -2.02. The molecule has 0 aromatic heterocycles. The van der Waals surface area contributed by atoms with Gasteiger partial charge in [-0.2, -0.15) is 0 Å². The number of aromatic hydroxyl groups is 2. The van der Waals surface area contributed by atoms with Gasteiger partial charge < -0.3 is 10.2 Å². The number of carbonyl (C=O) groups excluding carboxylic acids is 1. The van der Waals surface area contributed by atoms with E-state index >= 15 is 0 Å². The zero-order valence-electron chi connectivity index (χ0n) is 10.2. The number of phenolic OH excluding ortho intramolecular Hbond substituents is 2. The second-order valence-corrected chi connectivity index (χ2v) is 4.46. The van der Waals surface area contributed by atoms with E-state index in [9.17, 15) is 19.4 Å². The summed E-state index contributed by atoms with van der Waals surface area (Å²) < 4.78 is 13.4. The molecule has 2 rings (SSSR count).